The van der Waals surface area contributed by atoms with Crippen LogP contribution in [0.1, 0.15) is 10.6 Å². The van der Waals surface area contributed by atoms with Gasteiger partial charge in [0.05, 0.1) is 11.3 Å². The fourth-order valence-corrected chi connectivity index (χ4v) is 4.47. The molecular weight excluding hydrogens is 416 g/mol. The highest BCUT2D eigenvalue weighted by molar-refractivity contribution is 7.99. The molecule has 0 spiro atoms. The topological polar surface area (TPSA) is 36.7 Å². The van der Waals surface area contributed by atoms with Gasteiger partial charge in [0.15, 0.2) is 0 Å². The summed E-state index contributed by atoms with van der Waals surface area (Å²) < 4.78 is 0. The highest BCUT2D eigenvalue weighted by atomic mass is 35.5. The predicted molar refractivity (Wildman–Crippen MR) is 123 cm³/mol. The second-order valence-corrected chi connectivity index (χ2v) is 8.64. The van der Waals surface area contributed by atoms with Crippen LogP contribution in [0.3, 0.4) is 0 Å². The summed E-state index contributed by atoms with van der Waals surface area (Å²) in [5.41, 5.74) is 3.37. The van der Waals surface area contributed by atoms with Crippen molar-refractivity contribution in [3.63, 3.8) is 0 Å². The number of thiazole rings is 1. The molecule has 0 N–H and O–H groups in total. The molecule has 0 saturated carbocycles. The van der Waals surface area contributed by atoms with Crippen molar-refractivity contribution in [3.05, 3.63) is 99.8 Å². The Kier molecular flexibility index (Phi) is 6.12. The van der Waals surface area contributed by atoms with Crippen LogP contribution in [0.25, 0.3) is 22.9 Å². The summed E-state index contributed by atoms with van der Waals surface area (Å²) in [6.45, 7) is 0. The first-order valence-corrected chi connectivity index (χ1v) is 11.0. The lowest BCUT2D eigenvalue weighted by Gasteiger charge is -2.02. The van der Waals surface area contributed by atoms with Crippen molar-refractivity contribution in [2.45, 2.75) is 9.79 Å². The molecule has 0 aliphatic heterocycles. The summed E-state index contributed by atoms with van der Waals surface area (Å²) >= 11 is 9.13. The number of nitriles is 1. The fourth-order valence-electron chi connectivity index (χ4n) is 2.72. The number of aromatic nitrogens is 1. The first-order valence-electron chi connectivity index (χ1n) is 8.88. The Labute approximate surface area is 183 Å². The number of benzene rings is 3. The minimum absolute atomic E-state index is 0.542. The zero-order valence-corrected chi connectivity index (χ0v) is 17.6. The molecule has 0 amide bonds. The summed E-state index contributed by atoms with van der Waals surface area (Å²) in [4.78, 5) is 7.06. The lowest BCUT2D eigenvalue weighted by Crippen LogP contribution is -1.83. The molecule has 0 fully saturated rings. The molecule has 4 rings (SSSR count). The summed E-state index contributed by atoms with van der Waals surface area (Å²) in [5, 5.41) is 12.9. The smallest absolute Gasteiger partial charge is 0.134 e. The summed E-state index contributed by atoms with van der Waals surface area (Å²) in [5.74, 6) is 0. The van der Waals surface area contributed by atoms with Crippen LogP contribution in [-0.4, -0.2) is 4.98 Å². The van der Waals surface area contributed by atoms with Crippen LogP contribution in [0.2, 0.25) is 5.02 Å². The van der Waals surface area contributed by atoms with E-state index in [0.29, 0.717) is 15.6 Å². The number of rotatable bonds is 5. The van der Waals surface area contributed by atoms with Gasteiger partial charge in [-0.1, -0.05) is 65.8 Å². The van der Waals surface area contributed by atoms with Crippen molar-refractivity contribution < 1.29 is 0 Å². The SMILES string of the molecule is N#C/C(=C/c1ccc(Cl)cc1)c1nc(-c2ccc(Sc3ccccc3)cc2)cs1. The van der Waals surface area contributed by atoms with Crippen LogP contribution in [0.4, 0.5) is 0 Å². The van der Waals surface area contributed by atoms with E-state index in [0.717, 1.165) is 16.8 Å². The van der Waals surface area contributed by atoms with E-state index in [9.17, 15) is 5.26 Å². The van der Waals surface area contributed by atoms with E-state index in [-0.39, 0.29) is 0 Å². The zero-order chi connectivity index (χ0) is 20.1. The first kappa shape index (κ1) is 19.5. The highest BCUT2D eigenvalue weighted by Gasteiger charge is 2.09. The van der Waals surface area contributed by atoms with Gasteiger partial charge in [-0.15, -0.1) is 11.3 Å². The summed E-state index contributed by atoms with van der Waals surface area (Å²) in [6, 6.07) is 28.3. The van der Waals surface area contributed by atoms with Gasteiger partial charge >= 0.3 is 0 Å². The van der Waals surface area contributed by atoms with E-state index in [4.69, 9.17) is 11.6 Å². The van der Waals surface area contributed by atoms with E-state index >= 15 is 0 Å². The quantitative estimate of drug-likeness (QED) is 0.304. The molecular formula is C24H15ClN2S2. The fraction of sp³-hybridized carbons (Fsp3) is 0. The van der Waals surface area contributed by atoms with E-state index in [1.165, 1.54) is 21.1 Å². The van der Waals surface area contributed by atoms with Crippen molar-refractivity contribution >= 4 is 46.3 Å². The lowest BCUT2D eigenvalue weighted by atomic mass is 10.1. The molecule has 2 nitrogen and oxygen atoms in total. The average molecular weight is 431 g/mol. The molecule has 0 bridgehead atoms. The van der Waals surface area contributed by atoms with Gasteiger partial charge in [-0.05, 0) is 48.0 Å². The third-order valence-electron chi connectivity index (χ3n) is 4.17. The van der Waals surface area contributed by atoms with Crippen LogP contribution >= 0.6 is 34.7 Å². The van der Waals surface area contributed by atoms with Crippen molar-refractivity contribution in [3.8, 4) is 17.3 Å². The molecule has 5 heteroatoms. The second-order valence-electron chi connectivity index (χ2n) is 6.20. The monoisotopic (exact) mass is 430 g/mol. The maximum atomic E-state index is 9.57. The molecule has 0 unspecified atom stereocenters. The summed E-state index contributed by atoms with van der Waals surface area (Å²) in [7, 11) is 0. The Morgan fingerprint density at radius 1 is 0.931 bits per heavy atom. The molecule has 0 radical (unpaired) electrons. The average Bonchev–Trinajstić information content (AvgIpc) is 3.25. The van der Waals surface area contributed by atoms with E-state index < -0.39 is 0 Å². The van der Waals surface area contributed by atoms with E-state index in [1.807, 2.05) is 53.9 Å². The van der Waals surface area contributed by atoms with Crippen LogP contribution in [0, 0.1) is 11.3 Å². The minimum atomic E-state index is 0.542. The van der Waals surface area contributed by atoms with Crippen LogP contribution in [0.5, 0.6) is 0 Å². The van der Waals surface area contributed by atoms with Crippen molar-refractivity contribution in [1.82, 2.24) is 4.98 Å². The predicted octanol–water partition coefficient (Wildman–Crippen LogP) is 7.68. The summed E-state index contributed by atoms with van der Waals surface area (Å²) in [6.07, 6.45) is 1.83. The number of nitrogens with zero attached hydrogens (tertiary/aromatic N) is 2. The second kappa shape index (κ2) is 9.11. The van der Waals surface area contributed by atoms with Gasteiger partial charge in [0.25, 0.3) is 0 Å². The molecule has 140 valence electrons. The maximum Gasteiger partial charge on any atom is 0.134 e. The Hall–Kier alpha value is -2.84. The van der Waals surface area contributed by atoms with Crippen molar-refractivity contribution in [2.75, 3.05) is 0 Å². The Morgan fingerprint density at radius 2 is 1.62 bits per heavy atom. The van der Waals surface area contributed by atoms with E-state index in [2.05, 4.69) is 47.5 Å². The van der Waals surface area contributed by atoms with Gasteiger partial charge in [-0.3, -0.25) is 0 Å². The van der Waals surface area contributed by atoms with Gasteiger partial charge in [-0.2, -0.15) is 5.26 Å². The first-order chi connectivity index (χ1) is 14.2. The third-order valence-corrected chi connectivity index (χ3v) is 6.31. The van der Waals surface area contributed by atoms with Crippen LogP contribution in [0.15, 0.2) is 94.0 Å². The van der Waals surface area contributed by atoms with Crippen LogP contribution < -0.4 is 0 Å². The molecule has 4 aromatic rings. The van der Waals surface area contributed by atoms with Gasteiger partial charge in [0.2, 0.25) is 0 Å². The van der Waals surface area contributed by atoms with Gasteiger partial charge in [0, 0.05) is 25.8 Å². The standard InChI is InChI=1S/C24H15ClN2S2/c25-20-10-6-17(7-11-20)14-19(15-26)24-27-23(16-28-24)18-8-12-22(13-9-18)29-21-4-2-1-3-5-21/h1-14,16H/b19-14-. The number of allylic oxidation sites excluding steroid dienone is 1. The third kappa shape index (κ3) is 4.96. The number of hydrogen-bond donors (Lipinski definition) is 0. The zero-order valence-electron chi connectivity index (χ0n) is 15.2. The Morgan fingerprint density at radius 3 is 2.31 bits per heavy atom. The van der Waals surface area contributed by atoms with Gasteiger partial charge < -0.3 is 0 Å². The van der Waals surface area contributed by atoms with Gasteiger partial charge in [-0.25, -0.2) is 4.98 Å². The van der Waals surface area contributed by atoms with Crippen molar-refractivity contribution in [1.29, 1.82) is 5.26 Å². The highest BCUT2D eigenvalue weighted by Crippen LogP contribution is 2.31. The number of hydrogen-bond acceptors (Lipinski definition) is 4. The molecule has 0 saturated heterocycles. The van der Waals surface area contributed by atoms with E-state index in [1.54, 1.807) is 11.8 Å². The Bertz CT molecular complexity index is 1170. The molecule has 0 aliphatic rings. The Balaban J connectivity index is 1.53. The normalized spacial score (nSPS) is 11.2. The maximum absolute atomic E-state index is 9.57. The molecule has 1 heterocycles. The number of halogens is 1. The molecule has 29 heavy (non-hydrogen) atoms. The molecule has 0 atom stereocenters. The van der Waals surface area contributed by atoms with Crippen molar-refractivity contribution in [2.24, 2.45) is 0 Å². The molecule has 3 aromatic carbocycles. The van der Waals surface area contributed by atoms with Crippen LogP contribution in [-0.2, 0) is 0 Å². The largest absolute Gasteiger partial charge is 0.235 e. The van der Waals surface area contributed by atoms with Gasteiger partial charge in [0.1, 0.15) is 11.1 Å². The lowest BCUT2D eigenvalue weighted by molar-refractivity contribution is 1.35. The molecule has 0 aliphatic carbocycles. The molecule has 1 aromatic heterocycles. The minimum Gasteiger partial charge on any atom is -0.235 e.